The van der Waals surface area contributed by atoms with Crippen LogP contribution in [0.5, 0.6) is 5.75 Å². The van der Waals surface area contributed by atoms with Crippen molar-refractivity contribution in [1.82, 2.24) is 0 Å². The Morgan fingerprint density at radius 2 is 1.89 bits per heavy atom. The standard InChI is InChI=1S/C16H15FO2/c1-10-8-13(5-7-16(10)19-3)14-9-12(11(2)18)4-6-15(14)17/h4-9H,1-3H3. The van der Waals surface area contributed by atoms with Crippen molar-refractivity contribution in [3.63, 3.8) is 0 Å². The van der Waals surface area contributed by atoms with Gasteiger partial charge in [0.1, 0.15) is 11.6 Å². The topological polar surface area (TPSA) is 26.3 Å². The molecule has 0 saturated carbocycles. The summed E-state index contributed by atoms with van der Waals surface area (Å²) in [4.78, 5) is 11.4. The molecule has 2 aromatic rings. The summed E-state index contributed by atoms with van der Waals surface area (Å²) in [7, 11) is 1.60. The summed E-state index contributed by atoms with van der Waals surface area (Å²) in [6.07, 6.45) is 0. The molecule has 0 aromatic heterocycles. The third-order valence-electron chi connectivity index (χ3n) is 3.08. The van der Waals surface area contributed by atoms with E-state index in [0.29, 0.717) is 11.1 Å². The first-order valence-corrected chi connectivity index (χ1v) is 5.98. The zero-order chi connectivity index (χ0) is 14.0. The summed E-state index contributed by atoms with van der Waals surface area (Å²) in [6.45, 7) is 3.37. The molecule has 0 saturated heterocycles. The summed E-state index contributed by atoms with van der Waals surface area (Å²) in [6, 6.07) is 9.84. The molecular formula is C16H15FO2. The molecule has 2 aromatic carbocycles. The number of halogens is 1. The van der Waals surface area contributed by atoms with Gasteiger partial charge >= 0.3 is 0 Å². The van der Waals surface area contributed by atoms with Gasteiger partial charge in [-0.05, 0) is 55.3 Å². The van der Waals surface area contributed by atoms with Crippen molar-refractivity contribution >= 4 is 5.78 Å². The number of carbonyl (C=O) groups excluding carboxylic acids is 1. The van der Waals surface area contributed by atoms with Gasteiger partial charge in [0, 0.05) is 11.1 Å². The van der Waals surface area contributed by atoms with E-state index in [-0.39, 0.29) is 11.6 Å². The van der Waals surface area contributed by atoms with Crippen LogP contribution in [0.4, 0.5) is 4.39 Å². The molecule has 0 N–H and O–H groups in total. The first-order chi connectivity index (χ1) is 9.02. The minimum Gasteiger partial charge on any atom is -0.496 e. The number of benzene rings is 2. The third kappa shape index (κ3) is 2.65. The van der Waals surface area contributed by atoms with Crippen LogP contribution in [0.2, 0.25) is 0 Å². The minimum absolute atomic E-state index is 0.0773. The maximum Gasteiger partial charge on any atom is 0.159 e. The number of hydrogen-bond donors (Lipinski definition) is 0. The Balaban J connectivity index is 2.54. The molecule has 2 rings (SSSR count). The molecule has 3 heteroatoms. The Hall–Kier alpha value is -2.16. The van der Waals surface area contributed by atoms with Crippen molar-refractivity contribution in [2.75, 3.05) is 7.11 Å². The van der Waals surface area contributed by atoms with Crippen LogP contribution in [0.1, 0.15) is 22.8 Å². The number of ether oxygens (including phenoxy) is 1. The van der Waals surface area contributed by atoms with E-state index in [0.717, 1.165) is 16.9 Å². The number of Topliss-reactive ketones (excluding diaryl/α,β-unsaturated/α-hetero) is 1. The average Bonchev–Trinajstić information content (AvgIpc) is 2.38. The van der Waals surface area contributed by atoms with Crippen molar-refractivity contribution in [2.24, 2.45) is 0 Å². The summed E-state index contributed by atoms with van der Waals surface area (Å²) in [5.74, 6) is 0.341. The molecule has 0 aliphatic carbocycles. The lowest BCUT2D eigenvalue weighted by Gasteiger charge is -2.09. The molecule has 2 nitrogen and oxygen atoms in total. The van der Waals surface area contributed by atoms with Gasteiger partial charge < -0.3 is 4.74 Å². The predicted molar refractivity (Wildman–Crippen MR) is 73.1 cm³/mol. The fourth-order valence-corrected chi connectivity index (χ4v) is 2.01. The number of ketones is 1. The molecule has 98 valence electrons. The van der Waals surface area contributed by atoms with Crippen molar-refractivity contribution in [3.8, 4) is 16.9 Å². The predicted octanol–water partition coefficient (Wildman–Crippen LogP) is 4.01. The van der Waals surface area contributed by atoms with Crippen LogP contribution in [-0.2, 0) is 0 Å². The van der Waals surface area contributed by atoms with Gasteiger partial charge in [-0.2, -0.15) is 0 Å². The molecular weight excluding hydrogens is 243 g/mol. The Morgan fingerprint density at radius 1 is 1.16 bits per heavy atom. The van der Waals surface area contributed by atoms with E-state index in [9.17, 15) is 9.18 Å². The van der Waals surface area contributed by atoms with Gasteiger partial charge in [0.2, 0.25) is 0 Å². The largest absolute Gasteiger partial charge is 0.496 e. The molecule has 0 aliphatic rings. The van der Waals surface area contributed by atoms with E-state index >= 15 is 0 Å². The van der Waals surface area contributed by atoms with E-state index in [1.807, 2.05) is 13.0 Å². The number of hydrogen-bond acceptors (Lipinski definition) is 2. The quantitative estimate of drug-likeness (QED) is 0.777. The normalized spacial score (nSPS) is 10.3. The van der Waals surface area contributed by atoms with Crippen molar-refractivity contribution in [2.45, 2.75) is 13.8 Å². The van der Waals surface area contributed by atoms with Gasteiger partial charge in [-0.25, -0.2) is 4.39 Å². The number of methoxy groups -OCH3 is 1. The van der Waals surface area contributed by atoms with Gasteiger partial charge in [-0.1, -0.05) is 6.07 Å². The highest BCUT2D eigenvalue weighted by molar-refractivity contribution is 5.95. The maximum absolute atomic E-state index is 13.9. The summed E-state index contributed by atoms with van der Waals surface area (Å²) < 4.78 is 19.1. The lowest BCUT2D eigenvalue weighted by molar-refractivity contribution is 0.101. The van der Waals surface area contributed by atoms with E-state index in [2.05, 4.69) is 0 Å². The van der Waals surface area contributed by atoms with Gasteiger partial charge in [-0.3, -0.25) is 4.79 Å². The molecule has 0 fully saturated rings. The van der Waals surface area contributed by atoms with Gasteiger partial charge in [0.05, 0.1) is 7.11 Å². The molecule has 0 amide bonds. The van der Waals surface area contributed by atoms with Crippen molar-refractivity contribution in [3.05, 3.63) is 53.3 Å². The second-order valence-electron chi connectivity index (χ2n) is 4.44. The van der Waals surface area contributed by atoms with Crippen LogP contribution < -0.4 is 4.74 Å². The van der Waals surface area contributed by atoms with Gasteiger partial charge in [-0.15, -0.1) is 0 Å². The lowest BCUT2D eigenvalue weighted by atomic mass is 9.99. The first kappa shape index (κ1) is 13.3. The molecule has 0 unspecified atom stereocenters. The molecule has 0 heterocycles. The molecule has 0 aliphatic heterocycles. The molecule has 19 heavy (non-hydrogen) atoms. The molecule has 0 radical (unpaired) electrons. The fraction of sp³-hybridized carbons (Fsp3) is 0.188. The average molecular weight is 258 g/mol. The van der Waals surface area contributed by atoms with Crippen LogP contribution in [0.15, 0.2) is 36.4 Å². The van der Waals surface area contributed by atoms with Crippen molar-refractivity contribution < 1.29 is 13.9 Å². The number of rotatable bonds is 3. The highest BCUT2D eigenvalue weighted by Crippen LogP contribution is 2.28. The van der Waals surface area contributed by atoms with E-state index in [1.54, 1.807) is 25.3 Å². The maximum atomic E-state index is 13.9. The third-order valence-corrected chi connectivity index (χ3v) is 3.08. The highest BCUT2D eigenvalue weighted by Gasteiger charge is 2.10. The van der Waals surface area contributed by atoms with Crippen LogP contribution in [0.25, 0.3) is 11.1 Å². The van der Waals surface area contributed by atoms with Crippen LogP contribution in [-0.4, -0.2) is 12.9 Å². The Labute approximate surface area is 111 Å². The SMILES string of the molecule is COc1ccc(-c2cc(C(C)=O)ccc2F)cc1C. The monoisotopic (exact) mass is 258 g/mol. The second kappa shape index (κ2) is 5.22. The van der Waals surface area contributed by atoms with Gasteiger partial charge in [0.15, 0.2) is 5.78 Å². The minimum atomic E-state index is -0.338. The summed E-state index contributed by atoms with van der Waals surface area (Å²) in [5, 5.41) is 0. The lowest BCUT2D eigenvalue weighted by Crippen LogP contribution is -1.95. The smallest absolute Gasteiger partial charge is 0.159 e. The second-order valence-corrected chi connectivity index (χ2v) is 4.44. The zero-order valence-electron chi connectivity index (χ0n) is 11.2. The number of carbonyl (C=O) groups is 1. The fourth-order valence-electron chi connectivity index (χ4n) is 2.01. The molecule has 0 bridgehead atoms. The van der Waals surface area contributed by atoms with E-state index in [1.165, 1.54) is 19.1 Å². The zero-order valence-corrected chi connectivity index (χ0v) is 11.2. The van der Waals surface area contributed by atoms with Crippen LogP contribution >= 0.6 is 0 Å². The van der Waals surface area contributed by atoms with Gasteiger partial charge in [0.25, 0.3) is 0 Å². The van der Waals surface area contributed by atoms with E-state index < -0.39 is 0 Å². The van der Waals surface area contributed by atoms with Crippen LogP contribution in [0.3, 0.4) is 0 Å². The highest BCUT2D eigenvalue weighted by atomic mass is 19.1. The Bertz CT molecular complexity index is 633. The van der Waals surface area contributed by atoms with Crippen molar-refractivity contribution in [1.29, 1.82) is 0 Å². The van der Waals surface area contributed by atoms with Crippen LogP contribution in [0, 0.1) is 12.7 Å². The number of aryl methyl sites for hydroxylation is 1. The van der Waals surface area contributed by atoms with E-state index in [4.69, 9.17) is 4.74 Å². The Kier molecular flexibility index (Phi) is 3.65. The Morgan fingerprint density at radius 3 is 2.47 bits per heavy atom. The molecule has 0 atom stereocenters. The first-order valence-electron chi connectivity index (χ1n) is 5.98. The summed E-state index contributed by atoms with van der Waals surface area (Å²) in [5.41, 5.74) is 2.59. The molecule has 0 spiro atoms. The summed E-state index contributed by atoms with van der Waals surface area (Å²) >= 11 is 0.